The number of carbonyl (C=O) groups excluding carboxylic acids is 1. The molecule has 2 amide bonds. The van der Waals surface area contributed by atoms with Crippen molar-refractivity contribution in [1.29, 1.82) is 0 Å². The summed E-state index contributed by atoms with van der Waals surface area (Å²) in [6, 6.07) is 3.12. The van der Waals surface area contributed by atoms with Gasteiger partial charge in [-0.3, -0.25) is 0 Å². The van der Waals surface area contributed by atoms with Gasteiger partial charge in [-0.15, -0.1) is 6.58 Å². The van der Waals surface area contributed by atoms with Crippen molar-refractivity contribution in [2.75, 3.05) is 19.6 Å². The van der Waals surface area contributed by atoms with Gasteiger partial charge in [0.1, 0.15) is 11.6 Å². The second-order valence-electron chi connectivity index (χ2n) is 4.59. The Labute approximate surface area is 116 Å². The lowest BCUT2D eigenvalue weighted by Gasteiger charge is -2.38. The smallest absolute Gasteiger partial charge is 0.317 e. The number of amides is 2. The fraction of sp³-hybridized carbons (Fsp3) is 0.357. The maximum Gasteiger partial charge on any atom is 0.317 e. The SMILES string of the molecule is C=CCNC(=O)N1CC(OCc2cc(F)cc(F)c2)C1. The van der Waals surface area contributed by atoms with Gasteiger partial charge >= 0.3 is 6.03 Å². The number of nitrogens with one attached hydrogen (secondary N) is 1. The third kappa shape index (κ3) is 3.77. The largest absolute Gasteiger partial charge is 0.370 e. The molecule has 108 valence electrons. The van der Waals surface area contributed by atoms with E-state index in [1.165, 1.54) is 12.1 Å². The fourth-order valence-corrected chi connectivity index (χ4v) is 1.89. The zero-order valence-corrected chi connectivity index (χ0v) is 10.9. The first-order valence-electron chi connectivity index (χ1n) is 6.28. The van der Waals surface area contributed by atoms with Crippen LogP contribution in [0, 0.1) is 11.6 Å². The average Bonchev–Trinajstić information content (AvgIpc) is 2.33. The minimum absolute atomic E-state index is 0.101. The van der Waals surface area contributed by atoms with E-state index in [9.17, 15) is 13.6 Å². The summed E-state index contributed by atoms with van der Waals surface area (Å²) < 4.78 is 31.4. The molecule has 4 nitrogen and oxygen atoms in total. The number of ether oxygens (including phenoxy) is 1. The third-order valence-electron chi connectivity index (χ3n) is 2.94. The molecule has 0 bridgehead atoms. The summed E-state index contributed by atoms with van der Waals surface area (Å²) in [6.45, 7) is 5.00. The third-order valence-corrected chi connectivity index (χ3v) is 2.94. The van der Waals surface area contributed by atoms with Crippen LogP contribution < -0.4 is 5.32 Å². The monoisotopic (exact) mass is 282 g/mol. The summed E-state index contributed by atoms with van der Waals surface area (Å²) in [5.74, 6) is -1.25. The fourth-order valence-electron chi connectivity index (χ4n) is 1.89. The highest BCUT2D eigenvalue weighted by atomic mass is 19.1. The molecule has 20 heavy (non-hydrogen) atoms. The maximum atomic E-state index is 13.0. The number of benzene rings is 1. The van der Waals surface area contributed by atoms with E-state index in [1.807, 2.05) is 0 Å². The van der Waals surface area contributed by atoms with E-state index in [1.54, 1.807) is 11.0 Å². The summed E-state index contributed by atoms with van der Waals surface area (Å²) in [4.78, 5) is 13.1. The highest BCUT2D eigenvalue weighted by molar-refractivity contribution is 5.75. The lowest BCUT2D eigenvalue weighted by atomic mass is 10.1. The Morgan fingerprint density at radius 3 is 2.65 bits per heavy atom. The molecule has 1 aromatic carbocycles. The molecule has 1 aliphatic rings. The number of hydrogen-bond acceptors (Lipinski definition) is 2. The van der Waals surface area contributed by atoms with E-state index in [0.29, 0.717) is 25.2 Å². The van der Waals surface area contributed by atoms with E-state index in [-0.39, 0.29) is 18.7 Å². The van der Waals surface area contributed by atoms with Crippen molar-refractivity contribution in [3.05, 3.63) is 48.1 Å². The number of nitrogens with zero attached hydrogens (tertiary/aromatic N) is 1. The van der Waals surface area contributed by atoms with Gasteiger partial charge in [-0.05, 0) is 17.7 Å². The summed E-state index contributed by atoms with van der Waals surface area (Å²) in [6.07, 6.45) is 1.50. The number of rotatable bonds is 5. The molecular formula is C14H16F2N2O2. The van der Waals surface area contributed by atoms with Gasteiger partial charge in [-0.1, -0.05) is 6.08 Å². The van der Waals surface area contributed by atoms with Gasteiger partial charge in [0, 0.05) is 12.6 Å². The number of halogens is 2. The number of urea groups is 1. The molecule has 0 saturated carbocycles. The first kappa shape index (κ1) is 14.5. The second kappa shape index (κ2) is 6.47. The molecule has 2 rings (SSSR count). The van der Waals surface area contributed by atoms with Crippen molar-refractivity contribution in [3.8, 4) is 0 Å². The molecule has 0 spiro atoms. The summed E-state index contributed by atoms with van der Waals surface area (Å²) >= 11 is 0. The molecule has 0 aliphatic carbocycles. The predicted molar refractivity (Wildman–Crippen MR) is 70.1 cm³/mol. The van der Waals surface area contributed by atoms with Crippen LogP contribution in [0.5, 0.6) is 0 Å². The lowest BCUT2D eigenvalue weighted by Crippen LogP contribution is -2.57. The standard InChI is InChI=1S/C14H16F2N2O2/c1-2-3-17-14(19)18-7-13(8-18)20-9-10-4-11(15)6-12(16)5-10/h2,4-6,13H,1,3,7-9H2,(H,17,19). The van der Waals surface area contributed by atoms with Crippen LogP contribution >= 0.6 is 0 Å². The van der Waals surface area contributed by atoms with Crippen molar-refractivity contribution in [2.45, 2.75) is 12.7 Å². The molecule has 0 aromatic heterocycles. The number of hydrogen-bond donors (Lipinski definition) is 1. The minimum Gasteiger partial charge on any atom is -0.370 e. The molecule has 1 heterocycles. The highest BCUT2D eigenvalue weighted by Crippen LogP contribution is 2.15. The Kier molecular flexibility index (Phi) is 4.68. The van der Waals surface area contributed by atoms with Crippen molar-refractivity contribution in [3.63, 3.8) is 0 Å². The Morgan fingerprint density at radius 1 is 1.40 bits per heavy atom. The van der Waals surface area contributed by atoms with Crippen LogP contribution in [0.25, 0.3) is 0 Å². The van der Waals surface area contributed by atoms with Gasteiger partial charge in [0.15, 0.2) is 0 Å². The van der Waals surface area contributed by atoms with E-state index in [0.717, 1.165) is 6.07 Å². The van der Waals surface area contributed by atoms with Gasteiger partial charge in [0.2, 0.25) is 0 Å². The predicted octanol–water partition coefficient (Wildman–Crippen LogP) is 2.06. The molecular weight excluding hydrogens is 266 g/mol. The van der Waals surface area contributed by atoms with Gasteiger partial charge in [-0.25, -0.2) is 13.6 Å². The Balaban J connectivity index is 1.72. The Bertz CT molecular complexity index is 482. The van der Waals surface area contributed by atoms with E-state index in [4.69, 9.17) is 4.74 Å². The van der Waals surface area contributed by atoms with Crippen LogP contribution in [0.3, 0.4) is 0 Å². The number of likely N-dealkylation sites (tertiary alicyclic amines) is 1. The topological polar surface area (TPSA) is 41.6 Å². The van der Waals surface area contributed by atoms with Gasteiger partial charge in [-0.2, -0.15) is 0 Å². The van der Waals surface area contributed by atoms with E-state index < -0.39 is 11.6 Å². The molecule has 1 saturated heterocycles. The molecule has 0 atom stereocenters. The van der Waals surface area contributed by atoms with E-state index >= 15 is 0 Å². The first-order valence-corrected chi connectivity index (χ1v) is 6.28. The van der Waals surface area contributed by atoms with Crippen LogP contribution in [0.1, 0.15) is 5.56 Å². The van der Waals surface area contributed by atoms with Crippen LogP contribution in [0.15, 0.2) is 30.9 Å². The van der Waals surface area contributed by atoms with Crippen LogP contribution in [0.2, 0.25) is 0 Å². The molecule has 0 unspecified atom stereocenters. The molecule has 1 fully saturated rings. The lowest BCUT2D eigenvalue weighted by molar-refractivity contribution is -0.0441. The van der Waals surface area contributed by atoms with Crippen molar-refractivity contribution >= 4 is 6.03 Å². The quantitative estimate of drug-likeness (QED) is 0.840. The Hall–Kier alpha value is -1.95. The highest BCUT2D eigenvalue weighted by Gasteiger charge is 2.30. The second-order valence-corrected chi connectivity index (χ2v) is 4.59. The van der Waals surface area contributed by atoms with Gasteiger partial charge in [0.05, 0.1) is 25.8 Å². The minimum atomic E-state index is -0.623. The molecule has 1 N–H and O–H groups in total. The average molecular weight is 282 g/mol. The van der Waals surface area contributed by atoms with Gasteiger partial charge in [0.25, 0.3) is 0 Å². The molecule has 6 heteroatoms. The Morgan fingerprint density at radius 2 is 2.05 bits per heavy atom. The van der Waals surface area contributed by atoms with Crippen LogP contribution in [-0.2, 0) is 11.3 Å². The zero-order chi connectivity index (χ0) is 14.5. The van der Waals surface area contributed by atoms with Crippen molar-refractivity contribution in [1.82, 2.24) is 10.2 Å². The first-order chi connectivity index (χ1) is 9.58. The van der Waals surface area contributed by atoms with Crippen molar-refractivity contribution in [2.24, 2.45) is 0 Å². The van der Waals surface area contributed by atoms with E-state index in [2.05, 4.69) is 11.9 Å². The normalized spacial score (nSPS) is 14.8. The summed E-state index contributed by atoms with van der Waals surface area (Å²) in [5, 5.41) is 2.66. The number of carbonyl (C=O) groups is 1. The van der Waals surface area contributed by atoms with Crippen molar-refractivity contribution < 1.29 is 18.3 Å². The van der Waals surface area contributed by atoms with Crippen LogP contribution in [0.4, 0.5) is 13.6 Å². The van der Waals surface area contributed by atoms with Crippen LogP contribution in [-0.4, -0.2) is 36.7 Å². The summed E-state index contributed by atoms with van der Waals surface area (Å²) in [5.41, 5.74) is 0.442. The zero-order valence-electron chi connectivity index (χ0n) is 10.9. The van der Waals surface area contributed by atoms with Gasteiger partial charge < -0.3 is 15.0 Å². The molecule has 1 aliphatic heterocycles. The molecule has 1 aromatic rings. The summed E-state index contributed by atoms with van der Waals surface area (Å²) in [7, 11) is 0. The molecule has 0 radical (unpaired) electrons. The maximum absolute atomic E-state index is 13.0.